The second-order valence-corrected chi connectivity index (χ2v) is 13.3. The molecule has 0 saturated carbocycles. The Morgan fingerprint density at radius 2 is 1.86 bits per heavy atom. The molecule has 3 aromatic rings. The first kappa shape index (κ1) is 24.1. The summed E-state index contributed by atoms with van der Waals surface area (Å²) < 4.78 is 18.8. The maximum absolute atomic E-state index is 12.8. The molecule has 0 amide bonds. The monoisotopic (exact) mass is 511 g/mol. The van der Waals surface area contributed by atoms with Crippen LogP contribution in [0.25, 0.3) is 0 Å². The second-order valence-electron chi connectivity index (χ2n) is 9.69. The van der Waals surface area contributed by atoms with Gasteiger partial charge in [-0.3, -0.25) is 0 Å². The normalized spacial score (nSPS) is 16.6. The van der Waals surface area contributed by atoms with Crippen molar-refractivity contribution in [3.8, 4) is 5.75 Å². The third-order valence-electron chi connectivity index (χ3n) is 6.78. The Balaban J connectivity index is 1.41. The minimum atomic E-state index is -2.49. The number of piperidine rings is 1. The standard InChI is InChI=1S/C26H31ClN5O2P/c1-32-13-10-17(11-14-32)18-8-9-22(24-19(18)12-15-34-24)30-26-28-16-20(27)25(31-26)29-21-6-4-5-7-23(21)35(2,3)33/h4-9,16-17H,10-15H2,1-3H3,(H2,28,29,30,31). The largest absolute Gasteiger partial charge is 0.491 e. The molecule has 2 aromatic carbocycles. The van der Waals surface area contributed by atoms with Crippen molar-refractivity contribution in [3.63, 3.8) is 0 Å². The van der Waals surface area contributed by atoms with E-state index in [9.17, 15) is 4.57 Å². The van der Waals surface area contributed by atoms with Gasteiger partial charge >= 0.3 is 0 Å². The minimum Gasteiger partial charge on any atom is -0.491 e. The van der Waals surface area contributed by atoms with Crippen molar-refractivity contribution in [2.75, 3.05) is 50.7 Å². The molecular weight excluding hydrogens is 481 g/mol. The lowest BCUT2D eigenvalue weighted by atomic mass is 9.85. The summed E-state index contributed by atoms with van der Waals surface area (Å²) in [7, 11) is -0.299. The summed E-state index contributed by atoms with van der Waals surface area (Å²) in [5, 5.41) is 7.71. The number of anilines is 4. The van der Waals surface area contributed by atoms with Crippen molar-refractivity contribution in [2.24, 2.45) is 0 Å². The maximum atomic E-state index is 12.8. The van der Waals surface area contributed by atoms with Gasteiger partial charge in [0.1, 0.15) is 17.9 Å². The van der Waals surface area contributed by atoms with Crippen LogP contribution in [0.15, 0.2) is 42.6 Å². The van der Waals surface area contributed by atoms with Crippen molar-refractivity contribution in [3.05, 3.63) is 58.7 Å². The van der Waals surface area contributed by atoms with Gasteiger partial charge in [0.25, 0.3) is 0 Å². The molecule has 1 saturated heterocycles. The van der Waals surface area contributed by atoms with Gasteiger partial charge in [-0.2, -0.15) is 4.98 Å². The molecule has 7 nitrogen and oxygen atoms in total. The van der Waals surface area contributed by atoms with Crippen molar-refractivity contribution in [1.82, 2.24) is 14.9 Å². The Bertz CT molecular complexity index is 1290. The van der Waals surface area contributed by atoms with E-state index in [4.69, 9.17) is 16.3 Å². The first-order chi connectivity index (χ1) is 16.8. The molecule has 0 spiro atoms. The Morgan fingerprint density at radius 3 is 2.63 bits per heavy atom. The molecule has 35 heavy (non-hydrogen) atoms. The lowest BCUT2D eigenvalue weighted by Gasteiger charge is -2.30. The molecule has 0 bridgehead atoms. The van der Waals surface area contributed by atoms with Crippen molar-refractivity contribution in [2.45, 2.75) is 25.2 Å². The van der Waals surface area contributed by atoms with Crippen molar-refractivity contribution < 1.29 is 9.30 Å². The van der Waals surface area contributed by atoms with Gasteiger partial charge in [-0.05, 0) is 76.0 Å². The average molecular weight is 512 g/mol. The molecule has 184 valence electrons. The lowest BCUT2D eigenvalue weighted by Crippen LogP contribution is -2.29. The van der Waals surface area contributed by atoms with E-state index in [0.29, 0.717) is 29.3 Å². The summed E-state index contributed by atoms with van der Waals surface area (Å²) in [6.07, 6.45) is 4.84. The fourth-order valence-electron chi connectivity index (χ4n) is 4.93. The van der Waals surface area contributed by atoms with Crippen LogP contribution in [0.3, 0.4) is 0 Å². The van der Waals surface area contributed by atoms with Crippen LogP contribution in [0.4, 0.5) is 23.1 Å². The molecular formula is C26H31ClN5O2P. The number of benzene rings is 2. The summed E-state index contributed by atoms with van der Waals surface area (Å²) in [4.78, 5) is 11.4. The molecule has 2 aliphatic heterocycles. The number of rotatable bonds is 6. The number of nitrogens with one attached hydrogen (secondary N) is 2. The van der Waals surface area contributed by atoms with E-state index >= 15 is 0 Å². The Morgan fingerprint density at radius 1 is 1.09 bits per heavy atom. The smallest absolute Gasteiger partial charge is 0.229 e. The van der Waals surface area contributed by atoms with Crippen LogP contribution < -0.4 is 20.7 Å². The predicted molar refractivity (Wildman–Crippen MR) is 144 cm³/mol. The molecule has 9 heteroatoms. The number of aromatic nitrogens is 2. The number of nitrogens with zero attached hydrogens (tertiary/aromatic N) is 3. The molecule has 1 aromatic heterocycles. The zero-order valence-electron chi connectivity index (χ0n) is 20.3. The molecule has 0 unspecified atom stereocenters. The highest BCUT2D eigenvalue weighted by Crippen LogP contribution is 2.42. The average Bonchev–Trinajstić information content (AvgIpc) is 3.32. The quantitative estimate of drug-likeness (QED) is 0.416. The van der Waals surface area contributed by atoms with Crippen molar-refractivity contribution in [1.29, 1.82) is 0 Å². The SMILES string of the molecule is CN1CCC(c2ccc(Nc3ncc(Cl)c(Nc4ccccc4P(C)(C)=O)n3)c3c2CCO3)CC1. The van der Waals surface area contributed by atoms with Gasteiger partial charge in [0, 0.05) is 17.3 Å². The Hall–Kier alpha value is -2.60. The van der Waals surface area contributed by atoms with Crippen LogP contribution in [0.1, 0.15) is 29.9 Å². The van der Waals surface area contributed by atoms with E-state index in [1.807, 2.05) is 24.3 Å². The predicted octanol–water partition coefficient (Wildman–Crippen LogP) is 5.61. The summed E-state index contributed by atoms with van der Waals surface area (Å²) in [5.41, 5.74) is 4.29. The van der Waals surface area contributed by atoms with Gasteiger partial charge in [-0.25, -0.2) is 4.98 Å². The Kier molecular flexibility index (Phi) is 6.75. The summed E-state index contributed by atoms with van der Waals surface area (Å²) in [6.45, 7) is 6.44. The van der Waals surface area contributed by atoms with E-state index in [-0.39, 0.29) is 0 Å². The minimum absolute atomic E-state index is 0.381. The second kappa shape index (κ2) is 9.81. The van der Waals surface area contributed by atoms with Gasteiger partial charge < -0.3 is 24.8 Å². The molecule has 5 rings (SSSR count). The van der Waals surface area contributed by atoms with Crippen LogP contribution in [0.5, 0.6) is 5.75 Å². The molecule has 0 aliphatic carbocycles. The Labute approximate surface area is 211 Å². The molecule has 0 radical (unpaired) electrons. The van der Waals surface area contributed by atoms with Crippen LogP contribution in [0, 0.1) is 0 Å². The van der Waals surface area contributed by atoms with E-state index in [2.05, 4.69) is 44.7 Å². The topological polar surface area (TPSA) is 79.4 Å². The molecule has 2 aliphatic rings. The van der Waals surface area contributed by atoms with Gasteiger partial charge in [0.05, 0.1) is 24.2 Å². The molecule has 3 heterocycles. The third kappa shape index (κ3) is 5.18. The molecule has 2 N–H and O–H groups in total. The fourth-order valence-corrected chi connectivity index (χ4v) is 6.23. The number of fused-ring (bicyclic) bond motifs is 1. The van der Waals surface area contributed by atoms with E-state index < -0.39 is 7.14 Å². The number of para-hydroxylation sites is 1. The highest BCUT2D eigenvalue weighted by Gasteiger charge is 2.27. The zero-order valence-corrected chi connectivity index (χ0v) is 22.0. The summed E-state index contributed by atoms with van der Waals surface area (Å²) >= 11 is 6.41. The van der Waals surface area contributed by atoms with E-state index in [0.717, 1.165) is 41.9 Å². The van der Waals surface area contributed by atoms with Crippen LogP contribution in [0.2, 0.25) is 5.02 Å². The number of halogens is 1. The van der Waals surface area contributed by atoms with Crippen LogP contribution in [-0.4, -0.2) is 54.9 Å². The van der Waals surface area contributed by atoms with Crippen molar-refractivity contribution >= 4 is 47.2 Å². The van der Waals surface area contributed by atoms with Crippen LogP contribution >= 0.6 is 18.7 Å². The third-order valence-corrected chi connectivity index (χ3v) is 8.61. The molecule has 0 atom stereocenters. The first-order valence-electron chi connectivity index (χ1n) is 12.0. The first-order valence-corrected chi connectivity index (χ1v) is 15.0. The summed E-state index contributed by atoms with van der Waals surface area (Å²) in [6, 6.07) is 11.8. The number of hydrogen-bond donors (Lipinski definition) is 2. The van der Waals surface area contributed by atoms with Gasteiger partial charge in [0.15, 0.2) is 5.82 Å². The van der Waals surface area contributed by atoms with Gasteiger partial charge in [-0.1, -0.05) is 29.8 Å². The highest BCUT2D eigenvalue weighted by molar-refractivity contribution is 7.70. The van der Waals surface area contributed by atoms with E-state index in [1.54, 1.807) is 19.5 Å². The highest BCUT2D eigenvalue weighted by atomic mass is 35.5. The van der Waals surface area contributed by atoms with Gasteiger partial charge in [-0.15, -0.1) is 0 Å². The van der Waals surface area contributed by atoms with Crippen LogP contribution in [-0.2, 0) is 11.0 Å². The number of ether oxygens (including phenoxy) is 1. The summed E-state index contributed by atoms with van der Waals surface area (Å²) in [5.74, 6) is 2.34. The fraction of sp³-hybridized carbons (Fsp3) is 0.385. The number of hydrogen-bond acceptors (Lipinski definition) is 7. The maximum Gasteiger partial charge on any atom is 0.229 e. The van der Waals surface area contributed by atoms with E-state index in [1.165, 1.54) is 24.0 Å². The number of likely N-dealkylation sites (tertiary alicyclic amines) is 1. The molecule has 1 fully saturated rings. The zero-order chi connectivity index (χ0) is 24.6. The van der Waals surface area contributed by atoms with Gasteiger partial charge in [0.2, 0.25) is 5.95 Å². The lowest BCUT2D eigenvalue weighted by molar-refractivity contribution is 0.255.